The summed E-state index contributed by atoms with van der Waals surface area (Å²) in [5.74, 6) is -1.12. The lowest BCUT2D eigenvalue weighted by molar-refractivity contribution is -0.783. The van der Waals surface area contributed by atoms with Crippen LogP contribution in [0.4, 0.5) is 0 Å². The molecule has 0 amide bonds. The molecule has 0 saturated carbocycles. The van der Waals surface area contributed by atoms with Crippen LogP contribution in [-0.4, -0.2) is 57.6 Å². The molecule has 6 rings (SSSR count). The van der Waals surface area contributed by atoms with Crippen LogP contribution in [0.3, 0.4) is 0 Å². The van der Waals surface area contributed by atoms with Gasteiger partial charge >= 0.3 is 0 Å². The Morgan fingerprint density at radius 2 is 1.12 bits per heavy atom. The van der Waals surface area contributed by atoms with Gasteiger partial charge in [0.05, 0.1) is 6.61 Å². The zero-order chi connectivity index (χ0) is 36.0. The number of fused-ring (bicyclic) bond motifs is 1. The molecule has 0 bridgehead atoms. The lowest BCUT2D eigenvalue weighted by Gasteiger charge is -2.54. The molecule has 0 aromatic heterocycles. The van der Waals surface area contributed by atoms with Gasteiger partial charge in [0.1, 0.15) is 17.4 Å². The lowest BCUT2D eigenvalue weighted by atomic mass is 10.1. The maximum Gasteiger partial charge on any atom is 0.297 e. The summed E-state index contributed by atoms with van der Waals surface area (Å²) in [4.78, 5) is 18.1. The summed E-state index contributed by atoms with van der Waals surface area (Å²) in [6.07, 6.45) is -2.93. The molecule has 2 aliphatic rings. The Morgan fingerprint density at radius 3 is 1.50 bits per heavy atom. The third kappa shape index (κ3) is 5.76. The fraction of sp³-hybridized carbons (Fsp3) is 0.400. The van der Waals surface area contributed by atoms with Gasteiger partial charge < -0.3 is 18.6 Å². The maximum absolute atomic E-state index is 12.4. The van der Waals surface area contributed by atoms with E-state index in [9.17, 15) is 10.1 Å². The highest BCUT2D eigenvalue weighted by atomic mass is 28.4. The van der Waals surface area contributed by atoms with Gasteiger partial charge in [-0.15, -0.1) is 10.1 Å². The molecule has 8 nitrogen and oxygen atoms in total. The Morgan fingerprint density at radius 1 is 0.700 bits per heavy atom. The highest BCUT2D eigenvalue weighted by Crippen LogP contribution is 2.57. The monoisotopic (exact) mass is 711 g/mol. The van der Waals surface area contributed by atoms with Crippen molar-refractivity contribution in [3.8, 4) is 0 Å². The molecule has 50 heavy (non-hydrogen) atoms. The molecular weight excluding hydrogens is 663 g/mol. The van der Waals surface area contributed by atoms with E-state index in [0.717, 1.165) is 20.7 Å². The molecule has 4 aromatic carbocycles. The molecule has 4 aromatic rings. The van der Waals surface area contributed by atoms with Gasteiger partial charge in [-0.3, -0.25) is 4.84 Å². The van der Waals surface area contributed by atoms with Crippen molar-refractivity contribution >= 4 is 37.1 Å². The van der Waals surface area contributed by atoms with Crippen molar-refractivity contribution in [3.05, 3.63) is 131 Å². The van der Waals surface area contributed by atoms with Crippen molar-refractivity contribution in [2.24, 2.45) is 0 Å². The molecule has 10 heteroatoms. The average Bonchev–Trinajstić information content (AvgIpc) is 3.50. The molecule has 2 saturated heterocycles. The van der Waals surface area contributed by atoms with Crippen LogP contribution in [-0.2, 0) is 23.5 Å². The van der Waals surface area contributed by atoms with E-state index >= 15 is 0 Å². The van der Waals surface area contributed by atoms with Crippen molar-refractivity contribution in [1.82, 2.24) is 0 Å². The molecule has 2 aliphatic heterocycles. The van der Waals surface area contributed by atoms with Crippen LogP contribution in [0.2, 0.25) is 10.1 Å². The Hall–Kier alpha value is -3.65. The minimum absolute atomic E-state index is 0.106. The van der Waals surface area contributed by atoms with Crippen LogP contribution in [0, 0.1) is 10.1 Å². The van der Waals surface area contributed by atoms with Crippen LogP contribution in [0.1, 0.15) is 55.4 Å². The standard InChI is InChI=1S/C40H49NO7Si2/c1-37(2,3)49(30-21-13-9-14-22-30,31-23-15-10-16-24-31)40-35(46-39(7,8)48-40)34(45-36(40)47-41(42)43)29-44-50(38(4,5)6,32-25-17-11-18-26-32)33-27-19-12-20-28-33/h9-28,34-36H,29H2,1-8H3/t34-,35+,36?,40-/m1/s1. The van der Waals surface area contributed by atoms with E-state index in [1.807, 2.05) is 86.6 Å². The number of hydrogen-bond acceptors (Lipinski definition) is 7. The predicted octanol–water partition coefficient (Wildman–Crippen LogP) is 5.99. The van der Waals surface area contributed by atoms with E-state index in [1.165, 1.54) is 0 Å². The van der Waals surface area contributed by atoms with Crippen molar-refractivity contribution in [1.29, 1.82) is 0 Å². The van der Waals surface area contributed by atoms with Gasteiger partial charge in [0.25, 0.3) is 13.4 Å². The first-order chi connectivity index (χ1) is 23.6. The molecule has 2 heterocycles. The second kappa shape index (κ2) is 13.2. The number of rotatable bonds is 10. The first-order valence-corrected chi connectivity index (χ1v) is 21.2. The number of nitrogens with zero attached hydrogens (tertiary/aromatic N) is 1. The van der Waals surface area contributed by atoms with Gasteiger partial charge in [0, 0.05) is 0 Å². The number of hydrogen-bond donors (Lipinski definition) is 0. The van der Waals surface area contributed by atoms with E-state index in [0.29, 0.717) is 0 Å². The van der Waals surface area contributed by atoms with Crippen LogP contribution in [0.5, 0.6) is 0 Å². The highest BCUT2D eigenvalue weighted by Gasteiger charge is 2.79. The molecule has 0 radical (unpaired) electrons. The van der Waals surface area contributed by atoms with E-state index in [1.54, 1.807) is 0 Å². The molecule has 0 N–H and O–H groups in total. The Labute approximate surface area is 297 Å². The fourth-order valence-electron chi connectivity index (χ4n) is 8.94. The summed E-state index contributed by atoms with van der Waals surface area (Å²) in [5, 5.41) is 13.8. The largest absolute Gasteiger partial charge is 0.405 e. The number of benzene rings is 4. The summed E-state index contributed by atoms with van der Waals surface area (Å²) in [7, 11) is -6.44. The van der Waals surface area contributed by atoms with Crippen LogP contribution in [0.25, 0.3) is 0 Å². The predicted molar refractivity (Wildman–Crippen MR) is 201 cm³/mol. The zero-order valence-corrected chi connectivity index (χ0v) is 32.3. The van der Waals surface area contributed by atoms with E-state index in [4.69, 9.17) is 23.5 Å². The smallest absolute Gasteiger partial charge is 0.297 e. The first kappa shape index (κ1) is 36.2. The van der Waals surface area contributed by atoms with Crippen LogP contribution < -0.4 is 20.7 Å². The van der Waals surface area contributed by atoms with Gasteiger partial charge in [0.15, 0.2) is 13.9 Å². The Bertz CT molecular complexity index is 1680. The summed E-state index contributed by atoms with van der Waals surface area (Å²) in [6.45, 7) is 17.1. The van der Waals surface area contributed by atoms with E-state index in [2.05, 4.69) is 90.1 Å². The van der Waals surface area contributed by atoms with Crippen molar-refractivity contribution < 1.29 is 28.6 Å². The minimum Gasteiger partial charge on any atom is -0.405 e. The zero-order valence-electron chi connectivity index (χ0n) is 30.3. The molecule has 2 fully saturated rings. The molecule has 1 unspecified atom stereocenters. The van der Waals surface area contributed by atoms with Crippen molar-refractivity contribution in [2.75, 3.05) is 6.61 Å². The van der Waals surface area contributed by atoms with Crippen molar-refractivity contribution in [2.45, 2.75) is 95.0 Å². The van der Waals surface area contributed by atoms with E-state index in [-0.39, 0.29) is 11.6 Å². The fourth-order valence-corrected chi connectivity index (χ4v) is 20.6. The second-order valence-corrected chi connectivity index (χ2v) is 25.1. The third-order valence-corrected chi connectivity index (χ3v) is 21.9. The first-order valence-electron chi connectivity index (χ1n) is 17.3. The van der Waals surface area contributed by atoms with Gasteiger partial charge in [-0.25, -0.2) is 0 Å². The molecular formula is C40H49NO7Si2. The molecule has 264 valence electrons. The lowest BCUT2D eigenvalue weighted by Crippen LogP contribution is -2.83. The average molecular weight is 712 g/mol. The van der Waals surface area contributed by atoms with Crippen LogP contribution in [0.15, 0.2) is 121 Å². The summed E-state index contributed by atoms with van der Waals surface area (Å²) < 4.78 is 28.3. The SMILES string of the molecule is CC1(C)O[C@H]2[C@@H](CO[Si](c3ccccc3)(c3ccccc3)C(C)(C)C)OC(O[N+](=O)[O-])[C@@]2([Si](c2ccccc2)(c2ccccc2)C(C)(C)C)O1. The third-order valence-electron chi connectivity index (χ3n) is 10.4. The summed E-state index contributed by atoms with van der Waals surface area (Å²) >= 11 is 0. The highest BCUT2D eigenvalue weighted by molar-refractivity contribution is 7.06. The normalized spacial score (nSPS) is 23.7. The Balaban J connectivity index is 1.58. The maximum atomic E-state index is 12.4. The Kier molecular flexibility index (Phi) is 9.51. The van der Waals surface area contributed by atoms with E-state index < -0.39 is 56.0 Å². The molecule has 4 atom stereocenters. The van der Waals surface area contributed by atoms with Gasteiger partial charge in [-0.1, -0.05) is 173 Å². The van der Waals surface area contributed by atoms with Gasteiger partial charge in [0.2, 0.25) is 6.29 Å². The topological polar surface area (TPSA) is 89.3 Å². The summed E-state index contributed by atoms with van der Waals surface area (Å²) in [5.41, 5.74) is 0. The van der Waals surface area contributed by atoms with Gasteiger partial charge in [-0.05, 0) is 34.3 Å². The quantitative estimate of drug-likeness (QED) is 0.114. The minimum atomic E-state index is -3.41. The van der Waals surface area contributed by atoms with Crippen molar-refractivity contribution in [3.63, 3.8) is 0 Å². The van der Waals surface area contributed by atoms with Gasteiger partial charge in [-0.2, -0.15) is 0 Å². The van der Waals surface area contributed by atoms with Crippen LogP contribution >= 0.6 is 0 Å². The summed E-state index contributed by atoms with van der Waals surface area (Å²) in [6, 6.07) is 41.3. The second-order valence-electron chi connectivity index (χ2n) is 15.9. The number of ether oxygens (including phenoxy) is 3. The molecule has 0 aliphatic carbocycles. The molecule has 0 spiro atoms.